The molecule has 0 saturated carbocycles. The van der Waals surface area contributed by atoms with Gasteiger partial charge in [-0.3, -0.25) is 9.48 Å². The normalized spacial score (nSPS) is 10.9. The monoisotopic (exact) mass is 327 g/mol. The van der Waals surface area contributed by atoms with Gasteiger partial charge in [0.15, 0.2) is 5.15 Å². The summed E-state index contributed by atoms with van der Waals surface area (Å²) in [6.07, 6.45) is 1.33. The second-order valence-corrected chi connectivity index (χ2v) is 5.74. The zero-order valence-corrected chi connectivity index (χ0v) is 13.7. The molecule has 0 unspecified atom stereocenters. The van der Waals surface area contributed by atoms with E-state index in [1.807, 2.05) is 48.5 Å². The van der Waals surface area contributed by atoms with Gasteiger partial charge in [0.05, 0.1) is 12.1 Å². The molecule has 0 atom stereocenters. The molecule has 0 aliphatic heterocycles. The standard InChI is InChI=1S/C18H18ClN3O/c1-2-13-7-9-14(10-8-13)20-17(23)11-12-22-16-6-4-3-5-15(16)18(19)21-22/h3-10H,2,11-12H2,1H3,(H,20,23). The average molecular weight is 328 g/mol. The highest BCUT2D eigenvalue weighted by Crippen LogP contribution is 2.22. The summed E-state index contributed by atoms with van der Waals surface area (Å²) in [5.74, 6) is -0.0371. The Morgan fingerprint density at radius 2 is 1.91 bits per heavy atom. The Morgan fingerprint density at radius 1 is 1.17 bits per heavy atom. The number of para-hydroxylation sites is 1. The number of carbonyl (C=O) groups excluding carboxylic acids is 1. The Kier molecular flexibility index (Phi) is 4.63. The number of nitrogens with zero attached hydrogens (tertiary/aromatic N) is 2. The van der Waals surface area contributed by atoms with Crippen molar-refractivity contribution in [2.75, 3.05) is 5.32 Å². The maximum Gasteiger partial charge on any atom is 0.226 e. The van der Waals surface area contributed by atoms with Crippen molar-refractivity contribution in [1.29, 1.82) is 0 Å². The van der Waals surface area contributed by atoms with Crippen molar-refractivity contribution in [3.8, 4) is 0 Å². The third kappa shape index (κ3) is 3.54. The number of carbonyl (C=O) groups is 1. The van der Waals surface area contributed by atoms with Crippen molar-refractivity contribution in [3.05, 3.63) is 59.2 Å². The molecule has 2 aromatic carbocycles. The lowest BCUT2D eigenvalue weighted by atomic mass is 10.1. The molecule has 118 valence electrons. The summed E-state index contributed by atoms with van der Waals surface area (Å²) in [5, 5.41) is 8.57. The molecule has 0 saturated heterocycles. The fourth-order valence-corrected chi connectivity index (χ4v) is 2.76. The van der Waals surface area contributed by atoms with E-state index in [1.165, 1.54) is 5.56 Å². The van der Waals surface area contributed by atoms with E-state index < -0.39 is 0 Å². The van der Waals surface area contributed by atoms with E-state index >= 15 is 0 Å². The van der Waals surface area contributed by atoms with E-state index in [0.29, 0.717) is 18.1 Å². The average Bonchev–Trinajstić information content (AvgIpc) is 2.90. The smallest absolute Gasteiger partial charge is 0.226 e. The largest absolute Gasteiger partial charge is 0.326 e. The summed E-state index contributed by atoms with van der Waals surface area (Å²) in [6.45, 7) is 2.60. The van der Waals surface area contributed by atoms with Crippen LogP contribution in [0.5, 0.6) is 0 Å². The van der Waals surface area contributed by atoms with Gasteiger partial charge in [0.1, 0.15) is 0 Å². The molecule has 5 heteroatoms. The van der Waals surface area contributed by atoms with Gasteiger partial charge in [0.2, 0.25) is 5.91 Å². The molecule has 0 aliphatic carbocycles. The molecule has 1 heterocycles. The lowest BCUT2D eigenvalue weighted by molar-refractivity contribution is -0.116. The van der Waals surface area contributed by atoms with E-state index in [0.717, 1.165) is 23.0 Å². The molecule has 3 aromatic rings. The maximum absolute atomic E-state index is 12.1. The van der Waals surface area contributed by atoms with Crippen LogP contribution in [0.2, 0.25) is 5.15 Å². The quantitative estimate of drug-likeness (QED) is 0.760. The van der Waals surface area contributed by atoms with Crippen molar-refractivity contribution in [1.82, 2.24) is 9.78 Å². The number of hydrogen-bond donors (Lipinski definition) is 1. The lowest BCUT2D eigenvalue weighted by Gasteiger charge is -2.07. The van der Waals surface area contributed by atoms with Gasteiger partial charge in [0, 0.05) is 17.5 Å². The van der Waals surface area contributed by atoms with Crippen molar-refractivity contribution in [2.24, 2.45) is 0 Å². The molecule has 23 heavy (non-hydrogen) atoms. The number of hydrogen-bond acceptors (Lipinski definition) is 2. The molecular weight excluding hydrogens is 310 g/mol. The van der Waals surface area contributed by atoms with Gasteiger partial charge in [-0.25, -0.2) is 0 Å². The molecular formula is C18H18ClN3O. The Bertz CT molecular complexity index is 824. The number of amides is 1. The van der Waals surface area contributed by atoms with Crippen LogP contribution in [-0.2, 0) is 17.8 Å². The number of nitrogens with one attached hydrogen (secondary N) is 1. The van der Waals surface area contributed by atoms with E-state index in [1.54, 1.807) is 4.68 Å². The molecule has 0 bridgehead atoms. The number of aryl methyl sites for hydroxylation is 2. The minimum absolute atomic E-state index is 0.0371. The van der Waals surface area contributed by atoms with Gasteiger partial charge in [-0.2, -0.15) is 5.10 Å². The SMILES string of the molecule is CCc1ccc(NC(=O)CCn2nc(Cl)c3ccccc32)cc1. The number of rotatable bonds is 5. The second-order valence-electron chi connectivity index (χ2n) is 5.38. The predicted octanol–water partition coefficient (Wildman–Crippen LogP) is 4.28. The molecule has 1 aromatic heterocycles. The van der Waals surface area contributed by atoms with Crippen LogP contribution in [-0.4, -0.2) is 15.7 Å². The fraction of sp³-hybridized carbons (Fsp3) is 0.222. The summed E-state index contributed by atoms with van der Waals surface area (Å²) in [5.41, 5.74) is 3.01. The zero-order valence-electron chi connectivity index (χ0n) is 12.9. The number of halogens is 1. The maximum atomic E-state index is 12.1. The number of benzene rings is 2. The topological polar surface area (TPSA) is 46.9 Å². The van der Waals surface area contributed by atoms with Gasteiger partial charge in [0.25, 0.3) is 0 Å². The van der Waals surface area contributed by atoms with E-state index in [-0.39, 0.29) is 5.91 Å². The summed E-state index contributed by atoms with van der Waals surface area (Å²) in [4.78, 5) is 12.1. The molecule has 0 fully saturated rings. The molecule has 1 N–H and O–H groups in total. The van der Waals surface area contributed by atoms with Crippen LogP contribution in [0.4, 0.5) is 5.69 Å². The minimum atomic E-state index is -0.0371. The lowest BCUT2D eigenvalue weighted by Crippen LogP contribution is -2.15. The van der Waals surface area contributed by atoms with Crippen LogP contribution in [0.25, 0.3) is 10.9 Å². The van der Waals surface area contributed by atoms with E-state index in [2.05, 4.69) is 17.3 Å². The predicted molar refractivity (Wildman–Crippen MR) is 93.8 cm³/mol. The second kappa shape index (κ2) is 6.84. The van der Waals surface area contributed by atoms with Crippen LogP contribution in [0.3, 0.4) is 0 Å². The first-order valence-corrected chi connectivity index (χ1v) is 8.05. The first kappa shape index (κ1) is 15.6. The van der Waals surface area contributed by atoms with E-state index in [4.69, 9.17) is 11.6 Å². The Labute approximate surface area is 140 Å². The minimum Gasteiger partial charge on any atom is -0.326 e. The van der Waals surface area contributed by atoms with Crippen molar-refractivity contribution < 1.29 is 4.79 Å². The van der Waals surface area contributed by atoms with Crippen LogP contribution in [0.1, 0.15) is 18.9 Å². The third-order valence-corrected chi connectivity index (χ3v) is 4.09. The van der Waals surface area contributed by atoms with Crippen molar-refractivity contribution in [3.63, 3.8) is 0 Å². The number of fused-ring (bicyclic) bond motifs is 1. The zero-order chi connectivity index (χ0) is 16.2. The van der Waals surface area contributed by atoms with Gasteiger partial charge in [-0.05, 0) is 36.2 Å². The van der Waals surface area contributed by atoms with Crippen molar-refractivity contribution in [2.45, 2.75) is 26.3 Å². The fourth-order valence-electron chi connectivity index (χ4n) is 2.51. The van der Waals surface area contributed by atoms with Gasteiger partial charge < -0.3 is 5.32 Å². The highest BCUT2D eigenvalue weighted by Gasteiger charge is 2.09. The Morgan fingerprint density at radius 3 is 2.65 bits per heavy atom. The Balaban J connectivity index is 1.63. The molecule has 1 amide bonds. The highest BCUT2D eigenvalue weighted by molar-refractivity contribution is 6.34. The van der Waals surface area contributed by atoms with Gasteiger partial charge in [-0.1, -0.05) is 42.8 Å². The Hall–Kier alpha value is -2.33. The highest BCUT2D eigenvalue weighted by atomic mass is 35.5. The molecule has 0 aliphatic rings. The first-order chi connectivity index (χ1) is 11.2. The summed E-state index contributed by atoms with van der Waals surface area (Å²) in [7, 11) is 0. The van der Waals surface area contributed by atoms with Crippen LogP contribution < -0.4 is 5.32 Å². The molecule has 4 nitrogen and oxygen atoms in total. The van der Waals surface area contributed by atoms with Crippen LogP contribution in [0.15, 0.2) is 48.5 Å². The number of anilines is 1. The molecule has 0 spiro atoms. The van der Waals surface area contributed by atoms with Crippen LogP contribution in [0, 0.1) is 0 Å². The summed E-state index contributed by atoms with van der Waals surface area (Å²) < 4.78 is 1.78. The first-order valence-electron chi connectivity index (χ1n) is 7.67. The van der Waals surface area contributed by atoms with Crippen LogP contribution >= 0.6 is 11.6 Å². The summed E-state index contributed by atoms with van der Waals surface area (Å²) >= 11 is 6.12. The van der Waals surface area contributed by atoms with E-state index in [9.17, 15) is 4.79 Å². The van der Waals surface area contributed by atoms with Crippen molar-refractivity contribution >= 4 is 34.1 Å². The third-order valence-electron chi connectivity index (χ3n) is 3.81. The molecule has 0 radical (unpaired) electrons. The van der Waals surface area contributed by atoms with Gasteiger partial charge in [-0.15, -0.1) is 0 Å². The number of aromatic nitrogens is 2. The molecule has 3 rings (SSSR count). The van der Waals surface area contributed by atoms with Gasteiger partial charge >= 0.3 is 0 Å². The summed E-state index contributed by atoms with van der Waals surface area (Å²) in [6, 6.07) is 15.6.